The maximum atomic E-state index is 5.94. The zero-order valence-corrected chi connectivity index (χ0v) is 13.0. The van der Waals surface area contributed by atoms with E-state index in [1.54, 1.807) is 0 Å². The molecule has 1 saturated carbocycles. The SMILES string of the molecule is CCCC1CCN(Cc2cc(CNC3CC3)c(C)o2)C1. The second-order valence-corrected chi connectivity index (χ2v) is 6.63. The van der Waals surface area contributed by atoms with E-state index in [1.165, 1.54) is 50.8 Å². The van der Waals surface area contributed by atoms with E-state index in [0.29, 0.717) is 0 Å². The van der Waals surface area contributed by atoms with E-state index in [1.807, 2.05) is 0 Å². The smallest absolute Gasteiger partial charge is 0.118 e. The summed E-state index contributed by atoms with van der Waals surface area (Å²) in [4.78, 5) is 2.55. The van der Waals surface area contributed by atoms with Crippen LogP contribution in [0.4, 0.5) is 0 Å². The zero-order valence-electron chi connectivity index (χ0n) is 13.0. The number of aryl methyl sites for hydroxylation is 1. The number of rotatable bonds is 7. The van der Waals surface area contributed by atoms with Crippen molar-refractivity contribution in [3.05, 3.63) is 23.2 Å². The minimum atomic E-state index is 0.765. The van der Waals surface area contributed by atoms with Crippen LogP contribution in [0.5, 0.6) is 0 Å². The van der Waals surface area contributed by atoms with Crippen LogP contribution in [-0.2, 0) is 13.1 Å². The Morgan fingerprint density at radius 3 is 2.95 bits per heavy atom. The lowest BCUT2D eigenvalue weighted by molar-refractivity contribution is 0.281. The third-order valence-electron chi connectivity index (χ3n) is 4.68. The number of hydrogen-bond acceptors (Lipinski definition) is 3. The number of nitrogens with zero attached hydrogens (tertiary/aromatic N) is 1. The molecule has 20 heavy (non-hydrogen) atoms. The molecular formula is C17H28N2O. The zero-order chi connectivity index (χ0) is 13.9. The summed E-state index contributed by atoms with van der Waals surface area (Å²) < 4.78 is 5.94. The van der Waals surface area contributed by atoms with Crippen molar-refractivity contribution in [2.24, 2.45) is 5.92 Å². The van der Waals surface area contributed by atoms with Gasteiger partial charge < -0.3 is 9.73 Å². The highest BCUT2D eigenvalue weighted by atomic mass is 16.3. The summed E-state index contributed by atoms with van der Waals surface area (Å²) in [7, 11) is 0. The second-order valence-electron chi connectivity index (χ2n) is 6.63. The molecule has 0 aromatic carbocycles. The standard InChI is InChI=1S/C17H28N2O/c1-3-4-14-7-8-19(11-14)12-17-9-15(13(2)20-17)10-18-16-5-6-16/h9,14,16,18H,3-8,10-12H2,1-2H3. The van der Waals surface area contributed by atoms with Crippen LogP contribution in [0, 0.1) is 12.8 Å². The Hall–Kier alpha value is -0.800. The first-order valence-corrected chi connectivity index (χ1v) is 8.28. The molecule has 1 unspecified atom stereocenters. The fraction of sp³-hybridized carbons (Fsp3) is 0.765. The maximum absolute atomic E-state index is 5.94. The topological polar surface area (TPSA) is 28.4 Å². The van der Waals surface area contributed by atoms with Gasteiger partial charge in [-0.05, 0) is 51.1 Å². The average molecular weight is 276 g/mol. The molecule has 1 aromatic rings. The molecule has 1 aliphatic heterocycles. The molecule has 1 N–H and O–H groups in total. The molecule has 1 atom stereocenters. The van der Waals surface area contributed by atoms with Gasteiger partial charge in [0.15, 0.2) is 0 Å². The third-order valence-corrected chi connectivity index (χ3v) is 4.68. The minimum Gasteiger partial charge on any atom is -0.465 e. The van der Waals surface area contributed by atoms with Gasteiger partial charge in [-0.15, -0.1) is 0 Å². The Morgan fingerprint density at radius 1 is 1.35 bits per heavy atom. The van der Waals surface area contributed by atoms with Gasteiger partial charge in [-0.2, -0.15) is 0 Å². The van der Waals surface area contributed by atoms with E-state index < -0.39 is 0 Å². The Morgan fingerprint density at radius 2 is 2.20 bits per heavy atom. The van der Waals surface area contributed by atoms with Crippen LogP contribution in [0.3, 0.4) is 0 Å². The molecule has 0 bridgehead atoms. The Kier molecular flexibility index (Phi) is 4.47. The van der Waals surface area contributed by atoms with Crippen molar-refractivity contribution in [1.29, 1.82) is 0 Å². The van der Waals surface area contributed by atoms with Crippen LogP contribution in [0.15, 0.2) is 10.5 Å². The second kappa shape index (κ2) is 6.31. The Balaban J connectivity index is 1.51. The van der Waals surface area contributed by atoms with E-state index in [2.05, 4.69) is 30.1 Å². The van der Waals surface area contributed by atoms with Gasteiger partial charge >= 0.3 is 0 Å². The molecule has 1 saturated heterocycles. The monoisotopic (exact) mass is 276 g/mol. The maximum Gasteiger partial charge on any atom is 0.118 e. The quantitative estimate of drug-likeness (QED) is 0.826. The van der Waals surface area contributed by atoms with Crippen molar-refractivity contribution in [2.75, 3.05) is 13.1 Å². The number of likely N-dealkylation sites (tertiary alicyclic amines) is 1. The number of nitrogens with one attached hydrogen (secondary N) is 1. The van der Waals surface area contributed by atoms with E-state index in [4.69, 9.17) is 4.42 Å². The molecule has 3 heteroatoms. The lowest BCUT2D eigenvalue weighted by Crippen LogP contribution is -2.19. The molecule has 0 spiro atoms. The van der Waals surface area contributed by atoms with Gasteiger partial charge in [0.1, 0.15) is 11.5 Å². The fourth-order valence-electron chi connectivity index (χ4n) is 3.30. The largest absolute Gasteiger partial charge is 0.465 e. The summed E-state index contributed by atoms with van der Waals surface area (Å²) >= 11 is 0. The third kappa shape index (κ3) is 3.64. The van der Waals surface area contributed by atoms with E-state index in [0.717, 1.165) is 36.6 Å². The molecule has 0 amide bonds. The minimum absolute atomic E-state index is 0.765. The van der Waals surface area contributed by atoms with Gasteiger partial charge in [0.2, 0.25) is 0 Å². The highest BCUT2D eigenvalue weighted by molar-refractivity contribution is 5.21. The molecule has 3 rings (SSSR count). The van der Waals surface area contributed by atoms with Gasteiger partial charge in [-0.25, -0.2) is 0 Å². The molecule has 2 heterocycles. The van der Waals surface area contributed by atoms with Crippen LogP contribution >= 0.6 is 0 Å². The molecule has 2 aliphatic rings. The fourth-order valence-corrected chi connectivity index (χ4v) is 3.30. The Bertz CT molecular complexity index is 436. The van der Waals surface area contributed by atoms with E-state index in [-0.39, 0.29) is 0 Å². The van der Waals surface area contributed by atoms with Crippen LogP contribution in [0.25, 0.3) is 0 Å². The van der Waals surface area contributed by atoms with Crippen molar-refractivity contribution in [3.8, 4) is 0 Å². The van der Waals surface area contributed by atoms with Gasteiger partial charge in [0, 0.05) is 24.7 Å². The summed E-state index contributed by atoms with van der Waals surface area (Å²) in [6, 6.07) is 3.03. The van der Waals surface area contributed by atoms with Crippen LogP contribution in [0.1, 0.15) is 56.1 Å². The number of hydrogen-bond donors (Lipinski definition) is 1. The summed E-state index contributed by atoms with van der Waals surface area (Å²) in [5.41, 5.74) is 1.34. The lowest BCUT2D eigenvalue weighted by atomic mass is 10.0. The van der Waals surface area contributed by atoms with E-state index in [9.17, 15) is 0 Å². The van der Waals surface area contributed by atoms with Crippen LogP contribution in [-0.4, -0.2) is 24.0 Å². The van der Waals surface area contributed by atoms with Crippen molar-refractivity contribution in [2.45, 2.75) is 65.1 Å². The van der Waals surface area contributed by atoms with Crippen LogP contribution in [0.2, 0.25) is 0 Å². The summed E-state index contributed by atoms with van der Waals surface area (Å²) in [5, 5.41) is 3.57. The normalized spacial score (nSPS) is 23.6. The lowest BCUT2D eigenvalue weighted by Gasteiger charge is -2.13. The predicted octanol–water partition coefficient (Wildman–Crippen LogP) is 3.46. The molecule has 112 valence electrons. The summed E-state index contributed by atoms with van der Waals surface area (Å²) in [5.74, 6) is 3.15. The molecule has 0 radical (unpaired) electrons. The number of furan rings is 1. The first kappa shape index (κ1) is 14.2. The summed E-state index contributed by atoms with van der Waals surface area (Å²) in [6.07, 6.45) is 6.75. The molecule has 1 aliphatic carbocycles. The Labute approximate surface area is 122 Å². The van der Waals surface area contributed by atoms with E-state index >= 15 is 0 Å². The van der Waals surface area contributed by atoms with Gasteiger partial charge in [-0.3, -0.25) is 4.90 Å². The van der Waals surface area contributed by atoms with Crippen molar-refractivity contribution in [3.63, 3.8) is 0 Å². The molecule has 1 aromatic heterocycles. The van der Waals surface area contributed by atoms with Gasteiger partial charge in [-0.1, -0.05) is 13.3 Å². The molecule has 2 fully saturated rings. The first-order valence-electron chi connectivity index (χ1n) is 8.28. The van der Waals surface area contributed by atoms with Crippen molar-refractivity contribution >= 4 is 0 Å². The van der Waals surface area contributed by atoms with Gasteiger partial charge in [0.25, 0.3) is 0 Å². The highest BCUT2D eigenvalue weighted by Gasteiger charge is 2.23. The van der Waals surface area contributed by atoms with Crippen molar-refractivity contribution in [1.82, 2.24) is 10.2 Å². The predicted molar refractivity (Wildman–Crippen MR) is 81.6 cm³/mol. The highest BCUT2D eigenvalue weighted by Crippen LogP contribution is 2.25. The summed E-state index contributed by atoms with van der Waals surface area (Å²) in [6.45, 7) is 8.83. The first-order chi connectivity index (χ1) is 9.74. The molecule has 3 nitrogen and oxygen atoms in total. The van der Waals surface area contributed by atoms with Crippen LogP contribution < -0.4 is 5.32 Å². The average Bonchev–Trinajstić information content (AvgIpc) is 3.05. The van der Waals surface area contributed by atoms with Crippen molar-refractivity contribution < 1.29 is 4.42 Å². The van der Waals surface area contributed by atoms with Gasteiger partial charge in [0.05, 0.1) is 6.54 Å². The molecular weight excluding hydrogens is 248 g/mol.